The van der Waals surface area contributed by atoms with E-state index in [1.54, 1.807) is 0 Å². The van der Waals surface area contributed by atoms with Crippen LogP contribution in [-0.4, -0.2) is 17.6 Å². The summed E-state index contributed by atoms with van der Waals surface area (Å²) >= 11 is 1.91. The second-order valence-electron chi connectivity index (χ2n) is 3.23. The first-order chi connectivity index (χ1) is 6.88. The molecule has 4 heteroatoms. The molecule has 14 heavy (non-hydrogen) atoms. The van der Waals surface area contributed by atoms with Crippen molar-refractivity contribution in [1.29, 1.82) is 0 Å². The predicted molar refractivity (Wildman–Crippen MR) is 57.2 cm³/mol. The molecule has 3 nitrogen and oxygen atoms in total. The molecule has 1 aliphatic heterocycles. The Balaban J connectivity index is 1.91. The molecule has 0 aromatic heterocycles. The van der Waals surface area contributed by atoms with E-state index >= 15 is 0 Å². The fraction of sp³-hybridized carbons (Fsp3) is 0.400. The van der Waals surface area contributed by atoms with Crippen LogP contribution in [0.2, 0.25) is 0 Å². The lowest BCUT2D eigenvalue weighted by Gasteiger charge is -2.25. The molecule has 76 valence electrons. The third kappa shape index (κ3) is 2.41. The standard InChI is InChI=1S/C10H13NO2S/c11-12-5-8-1-3-9(4-2-8)13-10-6-14-7-10/h1-4,10H,5-7,11H2. The molecule has 1 aromatic carbocycles. The molecule has 1 saturated heterocycles. The van der Waals surface area contributed by atoms with Crippen LogP contribution in [0.25, 0.3) is 0 Å². The lowest BCUT2D eigenvalue weighted by atomic mass is 10.2. The number of nitrogens with two attached hydrogens (primary N) is 1. The van der Waals surface area contributed by atoms with Gasteiger partial charge in [0.15, 0.2) is 0 Å². The maximum Gasteiger partial charge on any atom is 0.119 e. The van der Waals surface area contributed by atoms with Crippen LogP contribution in [0.3, 0.4) is 0 Å². The Morgan fingerprint density at radius 2 is 2.00 bits per heavy atom. The SMILES string of the molecule is NOCc1ccc(OC2CSC2)cc1. The zero-order chi connectivity index (χ0) is 9.80. The van der Waals surface area contributed by atoms with Gasteiger partial charge in [-0.2, -0.15) is 11.8 Å². The minimum Gasteiger partial charge on any atom is -0.489 e. The third-order valence-corrected chi connectivity index (χ3v) is 3.30. The minimum absolute atomic E-state index is 0.400. The first-order valence-corrected chi connectivity index (χ1v) is 5.69. The summed E-state index contributed by atoms with van der Waals surface area (Å²) < 4.78 is 5.69. The van der Waals surface area contributed by atoms with Gasteiger partial charge in [-0.3, -0.25) is 4.84 Å². The van der Waals surface area contributed by atoms with Gasteiger partial charge in [0.1, 0.15) is 11.9 Å². The summed E-state index contributed by atoms with van der Waals surface area (Å²) in [6.07, 6.45) is 0.400. The zero-order valence-electron chi connectivity index (χ0n) is 7.81. The predicted octanol–water partition coefficient (Wildman–Crippen LogP) is 1.57. The van der Waals surface area contributed by atoms with E-state index in [0.29, 0.717) is 12.7 Å². The Hall–Kier alpha value is -0.710. The van der Waals surface area contributed by atoms with Crippen molar-refractivity contribution in [2.45, 2.75) is 12.7 Å². The molecule has 0 aliphatic carbocycles. The molecule has 0 amide bonds. The highest BCUT2D eigenvalue weighted by molar-refractivity contribution is 8.00. The summed E-state index contributed by atoms with van der Waals surface area (Å²) in [5.41, 5.74) is 1.06. The van der Waals surface area contributed by atoms with Crippen LogP contribution in [0.5, 0.6) is 5.75 Å². The fourth-order valence-corrected chi connectivity index (χ4v) is 1.80. The second kappa shape index (κ2) is 4.68. The molecular weight excluding hydrogens is 198 g/mol. The Morgan fingerprint density at radius 3 is 2.50 bits per heavy atom. The van der Waals surface area contributed by atoms with Crippen LogP contribution < -0.4 is 10.6 Å². The van der Waals surface area contributed by atoms with E-state index in [1.807, 2.05) is 36.0 Å². The second-order valence-corrected chi connectivity index (χ2v) is 4.31. The largest absolute Gasteiger partial charge is 0.489 e. The summed E-state index contributed by atoms with van der Waals surface area (Å²) in [5.74, 6) is 8.11. The highest BCUT2D eigenvalue weighted by Gasteiger charge is 2.19. The number of thioether (sulfide) groups is 1. The normalized spacial score (nSPS) is 16.4. The maximum absolute atomic E-state index is 5.69. The molecule has 1 aliphatic rings. The molecule has 1 heterocycles. The molecule has 2 rings (SSSR count). The van der Waals surface area contributed by atoms with E-state index in [4.69, 9.17) is 10.6 Å². The smallest absolute Gasteiger partial charge is 0.119 e. The summed E-state index contributed by atoms with van der Waals surface area (Å²) in [4.78, 5) is 4.54. The quantitative estimate of drug-likeness (QED) is 0.768. The van der Waals surface area contributed by atoms with Gasteiger partial charge < -0.3 is 4.74 Å². The number of benzene rings is 1. The van der Waals surface area contributed by atoms with Crippen molar-refractivity contribution in [2.24, 2.45) is 5.90 Å². The van der Waals surface area contributed by atoms with Gasteiger partial charge >= 0.3 is 0 Å². The number of hydrogen-bond donors (Lipinski definition) is 1. The monoisotopic (exact) mass is 211 g/mol. The van der Waals surface area contributed by atoms with Crippen LogP contribution in [0, 0.1) is 0 Å². The van der Waals surface area contributed by atoms with E-state index in [-0.39, 0.29) is 0 Å². The van der Waals surface area contributed by atoms with Crippen molar-refractivity contribution in [3.8, 4) is 5.75 Å². The molecule has 0 saturated carbocycles. The highest BCUT2D eigenvalue weighted by Crippen LogP contribution is 2.23. The maximum atomic E-state index is 5.69. The molecule has 1 aromatic rings. The molecule has 2 N–H and O–H groups in total. The molecular formula is C10H13NO2S. The van der Waals surface area contributed by atoms with Crippen molar-refractivity contribution < 1.29 is 9.57 Å². The van der Waals surface area contributed by atoms with Crippen molar-refractivity contribution >= 4 is 11.8 Å². The van der Waals surface area contributed by atoms with Gasteiger partial charge in [0, 0.05) is 11.5 Å². The van der Waals surface area contributed by atoms with Gasteiger partial charge in [-0.25, -0.2) is 5.90 Å². The van der Waals surface area contributed by atoms with Crippen molar-refractivity contribution in [2.75, 3.05) is 11.5 Å². The summed E-state index contributed by atoms with van der Waals surface area (Å²) in [6.45, 7) is 0.444. The van der Waals surface area contributed by atoms with E-state index in [2.05, 4.69) is 4.84 Å². The first kappa shape index (κ1) is 9.83. The zero-order valence-corrected chi connectivity index (χ0v) is 8.63. The van der Waals surface area contributed by atoms with Crippen molar-refractivity contribution in [3.63, 3.8) is 0 Å². The average molecular weight is 211 g/mol. The Labute approximate surface area is 87.5 Å². The summed E-state index contributed by atoms with van der Waals surface area (Å²) in [5, 5.41) is 0. The molecule has 0 bridgehead atoms. The third-order valence-electron chi connectivity index (χ3n) is 2.08. The van der Waals surface area contributed by atoms with E-state index < -0.39 is 0 Å². The highest BCUT2D eigenvalue weighted by atomic mass is 32.2. The molecule has 0 spiro atoms. The number of rotatable bonds is 4. The molecule has 0 radical (unpaired) electrons. The van der Waals surface area contributed by atoms with Crippen LogP contribution in [-0.2, 0) is 11.4 Å². The Morgan fingerprint density at radius 1 is 1.29 bits per heavy atom. The van der Waals surface area contributed by atoms with Crippen LogP contribution in [0.1, 0.15) is 5.56 Å². The Bertz CT molecular complexity index is 285. The number of hydrogen-bond acceptors (Lipinski definition) is 4. The average Bonchev–Trinajstić information content (AvgIpc) is 2.14. The lowest BCUT2D eigenvalue weighted by Crippen LogP contribution is -2.30. The van der Waals surface area contributed by atoms with Crippen LogP contribution in [0.4, 0.5) is 0 Å². The van der Waals surface area contributed by atoms with Gasteiger partial charge in [0.05, 0.1) is 6.61 Å². The van der Waals surface area contributed by atoms with Gasteiger partial charge in [-0.05, 0) is 17.7 Å². The van der Waals surface area contributed by atoms with E-state index in [9.17, 15) is 0 Å². The van der Waals surface area contributed by atoms with Crippen molar-refractivity contribution in [3.05, 3.63) is 29.8 Å². The van der Waals surface area contributed by atoms with Crippen LogP contribution >= 0.6 is 11.8 Å². The van der Waals surface area contributed by atoms with E-state index in [0.717, 1.165) is 22.8 Å². The molecule has 0 atom stereocenters. The minimum atomic E-state index is 0.400. The summed E-state index contributed by atoms with van der Waals surface area (Å²) in [7, 11) is 0. The first-order valence-electron chi connectivity index (χ1n) is 4.53. The van der Waals surface area contributed by atoms with E-state index in [1.165, 1.54) is 0 Å². The van der Waals surface area contributed by atoms with Crippen molar-refractivity contribution in [1.82, 2.24) is 0 Å². The van der Waals surface area contributed by atoms with Gasteiger partial charge in [0.25, 0.3) is 0 Å². The van der Waals surface area contributed by atoms with Crippen LogP contribution in [0.15, 0.2) is 24.3 Å². The lowest BCUT2D eigenvalue weighted by molar-refractivity contribution is 0.124. The Kier molecular flexibility index (Phi) is 3.29. The van der Waals surface area contributed by atoms with Gasteiger partial charge in [-0.15, -0.1) is 0 Å². The molecule has 0 unspecified atom stereocenters. The van der Waals surface area contributed by atoms with Gasteiger partial charge in [-0.1, -0.05) is 12.1 Å². The summed E-state index contributed by atoms with van der Waals surface area (Å²) in [6, 6.07) is 7.84. The topological polar surface area (TPSA) is 44.5 Å². The number of ether oxygens (including phenoxy) is 1. The fourth-order valence-electron chi connectivity index (χ4n) is 1.24. The van der Waals surface area contributed by atoms with Gasteiger partial charge in [0.2, 0.25) is 0 Å². The molecule has 1 fully saturated rings.